The second-order valence-electron chi connectivity index (χ2n) is 8.08. The first-order valence-corrected chi connectivity index (χ1v) is 12.0. The standard InChI is InChI=1S/C25H27N3O4S/c1-17(2)16-26-24(29)20-11-14-23(18(3)15-20)27-25(30)19-9-12-21(13-10-19)28-33(31,32)22-7-5-4-6-8-22/h4-15,17,28H,16H2,1-3H3,(H,26,29)(H,27,30). The van der Waals surface area contributed by atoms with Crippen molar-refractivity contribution in [3.63, 3.8) is 0 Å². The molecule has 3 N–H and O–H groups in total. The van der Waals surface area contributed by atoms with E-state index in [0.717, 1.165) is 5.56 Å². The van der Waals surface area contributed by atoms with E-state index in [-0.39, 0.29) is 16.7 Å². The second kappa shape index (κ2) is 10.3. The predicted octanol–water partition coefficient (Wildman–Crippen LogP) is 4.43. The van der Waals surface area contributed by atoms with Gasteiger partial charge in [0.25, 0.3) is 21.8 Å². The Balaban J connectivity index is 1.65. The Morgan fingerprint density at radius 3 is 2.09 bits per heavy atom. The van der Waals surface area contributed by atoms with Gasteiger partial charge < -0.3 is 10.6 Å². The lowest BCUT2D eigenvalue weighted by Crippen LogP contribution is -2.27. The molecule has 7 nitrogen and oxygen atoms in total. The fraction of sp³-hybridized carbons (Fsp3) is 0.200. The van der Waals surface area contributed by atoms with Gasteiger partial charge in [-0.2, -0.15) is 0 Å². The van der Waals surface area contributed by atoms with Crippen LogP contribution in [0.4, 0.5) is 11.4 Å². The first kappa shape index (κ1) is 24.0. The van der Waals surface area contributed by atoms with Crippen LogP contribution in [0.15, 0.2) is 77.7 Å². The molecule has 2 amide bonds. The number of carbonyl (C=O) groups excluding carboxylic acids is 2. The van der Waals surface area contributed by atoms with E-state index in [1.54, 1.807) is 48.5 Å². The number of aryl methyl sites for hydroxylation is 1. The van der Waals surface area contributed by atoms with Gasteiger partial charge in [0, 0.05) is 29.0 Å². The van der Waals surface area contributed by atoms with E-state index in [2.05, 4.69) is 15.4 Å². The van der Waals surface area contributed by atoms with Crippen molar-refractivity contribution in [1.29, 1.82) is 0 Å². The Hall–Kier alpha value is -3.65. The van der Waals surface area contributed by atoms with Gasteiger partial charge in [0.2, 0.25) is 0 Å². The number of sulfonamides is 1. The quantitative estimate of drug-likeness (QED) is 0.458. The minimum atomic E-state index is -3.70. The topological polar surface area (TPSA) is 104 Å². The van der Waals surface area contributed by atoms with Gasteiger partial charge in [-0.1, -0.05) is 32.0 Å². The molecule has 0 aromatic heterocycles. The summed E-state index contributed by atoms with van der Waals surface area (Å²) >= 11 is 0. The molecule has 8 heteroatoms. The van der Waals surface area contributed by atoms with Crippen LogP contribution in [0.2, 0.25) is 0 Å². The maximum absolute atomic E-state index is 12.7. The van der Waals surface area contributed by atoms with Crippen LogP contribution in [0, 0.1) is 12.8 Å². The lowest BCUT2D eigenvalue weighted by atomic mass is 10.1. The Kier molecular flexibility index (Phi) is 7.50. The SMILES string of the molecule is Cc1cc(C(=O)NCC(C)C)ccc1NC(=O)c1ccc(NS(=O)(=O)c2ccccc2)cc1. The highest BCUT2D eigenvalue weighted by molar-refractivity contribution is 7.92. The lowest BCUT2D eigenvalue weighted by molar-refractivity contribution is 0.0948. The Morgan fingerprint density at radius 1 is 0.848 bits per heavy atom. The Labute approximate surface area is 194 Å². The van der Waals surface area contributed by atoms with Crippen molar-refractivity contribution >= 4 is 33.2 Å². The van der Waals surface area contributed by atoms with Crippen LogP contribution >= 0.6 is 0 Å². The Morgan fingerprint density at radius 2 is 1.48 bits per heavy atom. The van der Waals surface area contributed by atoms with Crippen molar-refractivity contribution < 1.29 is 18.0 Å². The van der Waals surface area contributed by atoms with Gasteiger partial charge in [0.1, 0.15) is 0 Å². The van der Waals surface area contributed by atoms with Crippen LogP contribution in [0.5, 0.6) is 0 Å². The molecular weight excluding hydrogens is 438 g/mol. The van der Waals surface area contributed by atoms with Crippen LogP contribution in [0.25, 0.3) is 0 Å². The molecule has 0 radical (unpaired) electrons. The number of carbonyl (C=O) groups is 2. The van der Waals surface area contributed by atoms with Gasteiger partial charge in [-0.3, -0.25) is 14.3 Å². The normalized spacial score (nSPS) is 11.2. The molecule has 3 aromatic rings. The van der Waals surface area contributed by atoms with E-state index >= 15 is 0 Å². The van der Waals surface area contributed by atoms with Crippen molar-refractivity contribution in [1.82, 2.24) is 5.32 Å². The number of amides is 2. The summed E-state index contributed by atoms with van der Waals surface area (Å²) in [5.41, 5.74) is 2.60. The first-order chi connectivity index (χ1) is 15.7. The summed E-state index contributed by atoms with van der Waals surface area (Å²) in [6.07, 6.45) is 0. The van der Waals surface area contributed by atoms with Crippen molar-refractivity contribution in [2.45, 2.75) is 25.7 Å². The minimum absolute atomic E-state index is 0.154. The fourth-order valence-electron chi connectivity index (χ4n) is 3.04. The second-order valence-corrected chi connectivity index (χ2v) is 9.77. The number of rotatable bonds is 8. The van der Waals surface area contributed by atoms with Crippen molar-refractivity contribution in [3.05, 3.63) is 89.5 Å². The van der Waals surface area contributed by atoms with Crippen LogP contribution in [-0.2, 0) is 10.0 Å². The molecule has 172 valence electrons. The molecule has 33 heavy (non-hydrogen) atoms. The molecule has 0 unspecified atom stereocenters. The summed E-state index contributed by atoms with van der Waals surface area (Å²) in [6, 6.07) is 19.3. The van der Waals surface area contributed by atoms with Crippen LogP contribution in [-0.4, -0.2) is 26.8 Å². The molecule has 0 saturated carbocycles. The molecule has 0 aliphatic carbocycles. The fourth-order valence-corrected chi connectivity index (χ4v) is 4.12. The van der Waals surface area contributed by atoms with E-state index < -0.39 is 10.0 Å². The van der Waals surface area contributed by atoms with E-state index in [1.165, 1.54) is 24.3 Å². The van der Waals surface area contributed by atoms with E-state index in [4.69, 9.17) is 0 Å². The highest BCUT2D eigenvalue weighted by atomic mass is 32.2. The Bertz CT molecular complexity index is 1240. The molecular formula is C25H27N3O4S. The van der Waals surface area contributed by atoms with Gasteiger partial charge in [-0.25, -0.2) is 8.42 Å². The molecule has 3 aromatic carbocycles. The summed E-state index contributed by atoms with van der Waals surface area (Å²) in [4.78, 5) is 25.0. The summed E-state index contributed by atoms with van der Waals surface area (Å²) in [5.74, 6) is -0.139. The van der Waals surface area contributed by atoms with Crippen LogP contribution in [0.3, 0.4) is 0 Å². The summed E-state index contributed by atoms with van der Waals surface area (Å²) < 4.78 is 27.4. The largest absolute Gasteiger partial charge is 0.352 e. The monoisotopic (exact) mass is 465 g/mol. The lowest BCUT2D eigenvalue weighted by Gasteiger charge is -2.12. The van der Waals surface area contributed by atoms with Crippen molar-refractivity contribution in [2.24, 2.45) is 5.92 Å². The number of anilines is 2. The molecule has 0 atom stereocenters. The number of hydrogen-bond acceptors (Lipinski definition) is 4. The van der Waals surface area contributed by atoms with Crippen LogP contribution in [0.1, 0.15) is 40.1 Å². The zero-order chi connectivity index (χ0) is 24.0. The summed E-state index contributed by atoms with van der Waals surface area (Å²) in [7, 11) is -3.70. The average Bonchev–Trinajstić information content (AvgIpc) is 2.79. The zero-order valence-electron chi connectivity index (χ0n) is 18.8. The molecule has 0 saturated heterocycles. The van der Waals surface area contributed by atoms with Gasteiger partial charge in [-0.05, 0) is 73.0 Å². The molecule has 0 fully saturated rings. The number of benzene rings is 3. The highest BCUT2D eigenvalue weighted by Gasteiger charge is 2.15. The summed E-state index contributed by atoms with van der Waals surface area (Å²) in [6.45, 7) is 6.45. The van der Waals surface area contributed by atoms with E-state index in [1.807, 2.05) is 20.8 Å². The number of hydrogen-bond donors (Lipinski definition) is 3. The number of nitrogens with one attached hydrogen (secondary N) is 3. The van der Waals surface area contributed by atoms with Crippen LogP contribution < -0.4 is 15.4 Å². The first-order valence-electron chi connectivity index (χ1n) is 10.5. The minimum Gasteiger partial charge on any atom is -0.352 e. The third kappa shape index (κ3) is 6.43. The van der Waals surface area contributed by atoms with Gasteiger partial charge in [0.05, 0.1) is 4.90 Å². The highest BCUT2D eigenvalue weighted by Crippen LogP contribution is 2.20. The maximum atomic E-state index is 12.7. The van der Waals surface area contributed by atoms with E-state index in [0.29, 0.717) is 35.0 Å². The van der Waals surface area contributed by atoms with Gasteiger partial charge in [0.15, 0.2) is 0 Å². The maximum Gasteiger partial charge on any atom is 0.261 e. The van der Waals surface area contributed by atoms with Gasteiger partial charge in [-0.15, -0.1) is 0 Å². The average molecular weight is 466 g/mol. The summed E-state index contributed by atoms with van der Waals surface area (Å²) in [5, 5.41) is 5.70. The molecule has 0 bridgehead atoms. The smallest absolute Gasteiger partial charge is 0.261 e. The van der Waals surface area contributed by atoms with E-state index in [9.17, 15) is 18.0 Å². The van der Waals surface area contributed by atoms with Crippen molar-refractivity contribution in [3.8, 4) is 0 Å². The zero-order valence-corrected chi connectivity index (χ0v) is 19.6. The molecule has 0 aliphatic rings. The molecule has 3 rings (SSSR count). The predicted molar refractivity (Wildman–Crippen MR) is 130 cm³/mol. The van der Waals surface area contributed by atoms with Crippen molar-refractivity contribution in [2.75, 3.05) is 16.6 Å². The third-order valence-corrected chi connectivity index (χ3v) is 6.26. The molecule has 0 spiro atoms. The van der Waals surface area contributed by atoms with Gasteiger partial charge >= 0.3 is 0 Å². The molecule has 0 aliphatic heterocycles. The molecule has 0 heterocycles. The third-order valence-electron chi connectivity index (χ3n) is 4.86.